The SMILES string of the molecule is NC(=O)C1(NCc2ccc(N3CCCC3)nc2)CC1. The number of nitrogens with two attached hydrogens (primary N) is 1. The maximum absolute atomic E-state index is 11.3. The van der Waals surface area contributed by atoms with E-state index >= 15 is 0 Å². The second kappa shape index (κ2) is 4.81. The lowest BCUT2D eigenvalue weighted by molar-refractivity contribution is -0.121. The quantitative estimate of drug-likeness (QED) is 0.821. The maximum Gasteiger partial charge on any atom is 0.237 e. The van der Waals surface area contributed by atoms with Gasteiger partial charge in [0.2, 0.25) is 5.91 Å². The number of rotatable bonds is 5. The van der Waals surface area contributed by atoms with Crippen LogP contribution in [0.25, 0.3) is 0 Å². The van der Waals surface area contributed by atoms with Crippen LogP contribution < -0.4 is 16.0 Å². The molecule has 2 aliphatic rings. The topological polar surface area (TPSA) is 71.2 Å². The Morgan fingerprint density at radius 1 is 1.37 bits per heavy atom. The van der Waals surface area contributed by atoms with Gasteiger partial charge in [0.25, 0.3) is 0 Å². The van der Waals surface area contributed by atoms with Gasteiger partial charge in [-0.2, -0.15) is 0 Å². The van der Waals surface area contributed by atoms with Crippen molar-refractivity contribution in [2.24, 2.45) is 5.73 Å². The van der Waals surface area contributed by atoms with Crippen molar-refractivity contribution < 1.29 is 4.79 Å². The van der Waals surface area contributed by atoms with Gasteiger partial charge in [-0.25, -0.2) is 4.98 Å². The molecule has 1 aromatic heterocycles. The van der Waals surface area contributed by atoms with Crippen molar-refractivity contribution in [3.63, 3.8) is 0 Å². The number of hydrogen-bond donors (Lipinski definition) is 2. The van der Waals surface area contributed by atoms with Crippen LogP contribution in [0.5, 0.6) is 0 Å². The predicted octanol–water partition coefficient (Wildman–Crippen LogP) is 0.789. The Morgan fingerprint density at radius 3 is 2.63 bits per heavy atom. The fourth-order valence-electron chi connectivity index (χ4n) is 2.56. The molecule has 102 valence electrons. The lowest BCUT2D eigenvalue weighted by atomic mass is 10.2. The highest BCUT2D eigenvalue weighted by Gasteiger charge is 2.47. The van der Waals surface area contributed by atoms with Crippen LogP contribution in [0.1, 0.15) is 31.2 Å². The Bertz CT molecular complexity index is 461. The number of hydrogen-bond acceptors (Lipinski definition) is 4. The second-order valence-electron chi connectivity index (χ2n) is 5.52. The van der Waals surface area contributed by atoms with Crippen molar-refractivity contribution in [3.8, 4) is 0 Å². The van der Waals surface area contributed by atoms with E-state index in [1.807, 2.05) is 6.20 Å². The van der Waals surface area contributed by atoms with E-state index in [0.717, 1.165) is 37.3 Å². The minimum absolute atomic E-state index is 0.242. The highest BCUT2D eigenvalue weighted by molar-refractivity contribution is 5.87. The molecule has 1 saturated heterocycles. The summed E-state index contributed by atoms with van der Waals surface area (Å²) in [5, 5.41) is 3.25. The third-order valence-electron chi connectivity index (χ3n) is 4.09. The van der Waals surface area contributed by atoms with E-state index in [9.17, 15) is 4.79 Å². The van der Waals surface area contributed by atoms with Crippen molar-refractivity contribution in [2.45, 2.75) is 37.8 Å². The molecule has 1 amide bonds. The Balaban J connectivity index is 1.58. The Hall–Kier alpha value is -1.62. The third-order valence-corrected chi connectivity index (χ3v) is 4.09. The van der Waals surface area contributed by atoms with Crippen molar-refractivity contribution >= 4 is 11.7 Å². The fourth-order valence-corrected chi connectivity index (χ4v) is 2.56. The zero-order valence-electron chi connectivity index (χ0n) is 11.1. The maximum atomic E-state index is 11.3. The molecule has 0 spiro atoms. The minimum Gasteiger partial charge on any atom is -0.368 e. The van der Waals surface area contributed by atoms with E-state index in [2.05, 4.69) is 27.3 Å². The van der Waals surface area contributed by atoms with E-state index in [1.165, 1.54) is 12.8 Å². The van der Waals surface area contributed by atoms with E-state index in [1.54, 1.807) is 0 Å². The molecule has 5 nitrogen and oxygen atoms in total. The number of pyridine rings is 1. The number of carbonyl (C=O) groups is 1. The van der Waals surface area contributed by atoms with E-state index < -0.39 is 5.54 Å². The largest absolute Gasteiger partial charge is 0.368 e. The highest BCUT2D eigenvalue weighted by Crippen LogP contribution is 2.35. The fraction of sp³-hybridized carbons (Fsp3) is 0.571. The first kappa shape index (κ1) is 12.4. The van der Waals surface area contributed by atoms with Crippen molar-refractivity contribution in [3.05, 3.63) is 23.9 Å². The van der Waals surface area contributed by atoms with Gasteiger partial charge < -0.3 is 10.6 Å². The van der Waals surface area contributed by atoms with Gasteiger partial charge in [0.1, 0.15) is 5.82 Å². The number of nitrogens with zero attached hydrogens (tertiary/aromatic N) is 2. The highest BCUT2D eigenvalue weighted by atomic mass is 16.1. The van der Waals surface area contributed by atoms with E-state index in [0.29, 0.717) is 6.54 Å². The summed E-state index contributed by atoms with van der Waals surface area (Å²) in [5.74, 6) is 0.812. The molecular weight excluding hydrogens is 240 g/mol. The summed E-state index contributed by atoms with van der Waals surface area (Å²) < 4.78 is 0. The standard InChI is InChI=1S/C14H20N4O/c15-13(19)14(5-6-14)17-10-11-3-4-12(16-9-11)18-7-1-2-8-18/h3-4,9,17H,1-2,5-8,10H2,(H2,15,19). The summed E-state index contributed by atoms with van der Waals surface area (Å²) >= 11 is 0. The van der Waals surface area contributed by atoms with Crippen LogP contribution in [-0.2, 0) is 11.3 Å². The molecule has 0 bridgehead atoms. The van der Waals surface area contributed by atoms with Crippen LogP contribution in [0.4, 0.5) is 5.82 Å². The number of anilines is 1. The molecule has 0 radical (unpaired) electrons. The molecule has 5 heteroatoms. The first-order valence-electron chi connectivity index (χ1n) is 6.94. The second-order valence-corrected chi connectivity index (χ2v) is 5.52. The summed E-state index contributed by atoms with van der Waals surface area (Å²) in [6.07, 6.45) is 6.10. The summed E-state index contributed by atoms with van der Waals surface area (Å²) in [4.78, 5) is 18.1. The van der Waals surface area contributed by atoms with Gasteiger partial charge in [0, 0.05) is 25.8 Å². The van der Waals surface area contributed by atoms with Crippen LogP contribution in [0.2, 0.25) is 0 Å². The molecule has 0 unspecified atom stereocenters. The van der Waals surface area contributed by atoms with Crippen LogP contribution in [0.15, 0.2) is 18.3 Å². The summed E-state index contributed by atoms with van der Waals surface area (Å²) in [5.41, 5.74) is 6.02. The third kappa shape index (κ3) is 2.56. The zero-order chi connectivity index (χ0) is 13.3. The number of carbonyl (C=O) groups excluding carboxylic acids is 1. The van der Waals surface area contributed by atoms with Crippen molar-refractivity contribution in [2.75, 3.05) is 18.0 Å². The van der Waals surface area contributed by atoms with Gasteiger partial charge >= 0.3 is 0 Å². The average Bonchev–Trinajstić information content (AvgIpc) is 3.03. The minimum atomic E-state index is -0.451. The normalized spacial score (nSPS) is 20.5. The number of aromatic nitrogens is 1. The first-order chi connectivity index (χ1) is 9.20. The lowest BCUT2D eigenvalue weighted by Gasteiger charge is -2.17. The van der Waals surface area contributed by atoms with E-state index in [4.69, 9.17) is 5.73 Å². The Morgan fingerprint density at radius 2 is 2.11 bits per heavy atom. The van der Waals surface area contributed by atoms with Gasteiger partial charge in [-0.3, -0.25) is 10.1 Å². The van der Waals surface area contributed by atoms with Crippen molar-refractivity contribution in [1.29, 1.82) is 0 Å². The van der Waals surface area contributed by atoms with Gasteiger partial charge in [-0.05, 0) is 37.3 Å². The molecule has 0 atom stereocenters. The molecule has 3 rings (SSSR count). The predicted molar refractivity (Wildman–Crippen MR) is 73.7 cm³/mol. The van der Waals surface area contributed by atoms with Crippen LogP contribution in [0.3, 0.4) is 0 Å². The van der Waals surface area contributed by atoms with Gasteiger partial charge in [-0.1, -0.05) is 6.07 Å². The number of nitrogens with one attached hydrogen (secondary N) is 1. The molecule has 1 aromatic rings. The van der Waals surface area contributed by atoms with Gasteiger partial charge in [0.15, 0.2) is 0 Å². The Labute approximate surface area is 113 Å². The monoisotopic (exact) mass is 260 g/mol. The lowest BCUT2D eigenvalue weighted by Crippen LogP contribution is -2.43. The average molecular weight is 260 g/mol. The van der Waals surface area contributed by atoms with E-state index in [-0.39, 0.29) is 5.91 Å². The smallest absolute Gasteiger partial charge is 0.237 e. The summed E-state index contributed by atoms with van der Waals surface area (Å²) in [6, 6.07) is 4.14. The molecular formula is C14H20N4O. The van der Waals surface area contributed by atoms with Crippen LogP contribution in [-0.4, -0.2) is 29.5 Å². The Kier molecular flexibility index (Phi) is 3.14. The summed E-state index contributed by atoms with van der Waals surface area (Å²) in [6.45, 7) is 2.86. The molecule has 0 aromatic carbocycles. The summed E-state index contributed by atoms with van der Waals surface area (Å²) in [7, 11) is 0. The van der Waals surface area contributed by atoms with Gasteiger partial charge in [0.05, 0.1) is 5.54 Å². The molecule has 3 N–H and O–H groups in total. The van der Waals surface area contributed by atoms with Crippen molar-refractivity contribution in [1.82, 2.24) is 10.3 Å². The van der Waals surface area contributed by atoms with Crippen LogP contribution >= 0.6 is 0 Å². The molecule has 2 fully saturated rings. The molecule has 19 heavy (non-hydrogen) atoms. The molecule has 1 aliphatic heterocycles. The zero-order valence-corrected chi connectivity index (χ0v) is 11.1. The first-order valence-corrected chi connectivity index (χ1v) is 6.94. The number of amides is 1. The van der Waals surface area contributed by atoms with Crippen LogP contribution in [0, 0.1) is 0 Å². The molecule has 1 saturated carbocycles. The molecule has 2 heterocycles. The number of primary amides is 1. The van der Waals surface area contributed by atoms with Gasteiger partial charge in [-0.15, -0.1) is 0 Å². The molecule has 1 aliphatic carbocycles.